The van der Waals surface area contributed by atoms with Crippen molar-refractivity contribution in [2.45, 2.75) is 98.6 Å². The molecule has 1 saturated heterocycles. The molecule has 1 heterocycles. The highest BCUT2D eigenvalue weighted by molar-refractivity contribution is 7.90. The molecule has 12 nitrogen and oxygen atoms in total. The fourth-order valence-electron chi connectivity index (χ4n) is 7.18. The Balaban J connectivity index is 1.50. The SMILES string of the molecule is Cc1ccc(S(=O)(=O)N2CCCCCCCCCN(S(=O)(=O)c3ccc(C)cc3)CCN(S(=O)(=O)c3ccc(C)cc3)CCCN(S(=O)(=O)c3ccc(C)cc3)CC2)cc1. The van der Waals surface area contributed by atoms with E-state index in [2.05, 4.69) is 0 Å². The third kappa shape index (κ3) is 12.3. The highest BCUT2D eigenvalue weighted by atomic mass is 32.2. The first-order chi connectivity index (χ1) is 28.4. The number of rotatable bonds is 8. The zero-order valence-electron chi connectivity index (χ0n) is 35.2. The topological polar surface area (TPSA) is 150 Å². The van der Waals surface area contributed by atoms with Crippen molar-refractivity contribution in [3.63, 3.8) is 0 Å². The van der Waals surface area contributed by atoms with E-state index in [1.807, 2.05) is 27.7 Å². The van der Waals surface area contributed by atoms with Gasteiger partial charge in [0.25, 0.3) is 0 Å². The van der Waals surface area contributed by atoms with E-state index in [9.17, 15) is 33.7 Å². The summed E-state index contributed by atoms with van der Waals surface area (Å²) in [5.74, 6) is 0. The summed E-state index contributed by atoms with van der Waals surface area (Å²) in [5.41, 5.74) is 3.56. The van der Waals surface area contributed by atoms with Crippen LogP contribution in [-0.4, -0.2) is 103 Å². The Labute approximate surface area is 359 Å². The summed E-state index contributed by atoms with van der Waals surface area (Å²) in [4.78, 5) is 0.338. The molecule has 0 aromatic heterocycles. The van der Waals surface area contributed by atoms with Crippen LogP contribution in [0.15, 0.2) is 117 Å². The fraction of sp³-hybridized carbons (Fsp3) is 0.455. The maximum absolute atomic E-state index is 14.4. The predicted molar refractivity (Wildman–Crippen MR) is 237 cm³/mol. The van der Waals surface area contributed by atoms with Crippen molar-refractivity contribution >= 4 is 40.1 Å². The van der Waals surface area contributed by atoms with Crippen LogP contribution in [0.4, 0.5) is 0 Å². The summed E-state index contributed by atoms with van der Waals surface area (Å²) >= 11 is 0. The lowest BCUT2D eigenvalue weighted by molar-refractivity contribution is 0.308. The minimum Gasteiger partial charge on any atom is -0.207 e. The number of nitrogens with zero attached hydrogens (tertiary/aromatic N) is 4. The van der Waals surface area contributed by atoms with E-state index in [0.29, 0.717) is 12.8 Å². The third-order valence-corrected chi connectivity index (χ3v) is 18.6. The van der Waals surface area contributed by atoms with Gasteiger partial charge in [-0.2, -0.15) is 17.2 Å². The second-order valence-corrected chi connectivity index (χ2v) is 23.4. The fourth-order valence-corrected chi connectivity index (χ4v) is 13.1. The van der Waals surface area contributed by atoms with Crippen molar-refractivity contribution in [3.8, 4) is 0 Å². The van der Waals surface area contributed by atoms with E-state index in [1.54, 1.807) is 72.8 Å². The zero-order chi connectivity index (χ0) is 43.6. The Hall–Kier alpha value is -3.48. The molecule has 16 heteroatoms. The molecule has 0 unspecified atom stereocenters. The monoisotopic (exact) mass is 900 g/mol. The van der Waals surface area contributed by atoms with Gasteiger partial charge in [0.05, 0.1) is 19.6 Å². The highest BCUT2D eigenvalue weighted by Gasteiger charge is 2.32. The van der Waals surface area contributed by atoms with Crippen LogP contribution >= 0.6 is 0 Å². The van der Waals surface area contributed by atoms with Crippen LogP contribution in [0.1, 0.15) is 73.6 Å². The van der Waals surface area contributed by atoms with Gasteiger partial charge in [-0.15, -0.1) is 0 Å². The molecule has 4 aromatic carbocycles. The van der Waals surface area contributed by atoms with Crippen molar-refractivity contribution in [1.82, 2.24) is 17.2 Å². The molecule has 5 rings (SSSR count). The number of hydrogen-bond donors (Lipinski definition) is 0. The second kappa shape index (κ2) is 21.1. The Morgan fingerprint density at radius 2 is 0.450 bits per heavy atom. The van der Waals surface area contributed by atoms with E-state index >= 15 is 0 Å². The van der Waals surface area contributed by atoms with Gasteiger partial charge in [0.15, 0.2) is 0 Å². The maximum atomic E-state index is 14.4. The van der Waals surface area contributed by atoms with Crippen LogP contribution < -0.4 is 0 Å². The van der Waals surface area contributed by atoms with Crippen LogP contribution in [0.3, 0.4) is 0 Å². The molecule has 4 aromatic rings. The lowest BCUT2D eigenvalue weighted by Crippen LogP contribution is -2.44. The van der Waals surface area contributed by atoms with Gasteiger partial charge in [-0.05, 0) is 95.5 Å². The minimum absolute atomic E-state index is 0.0385. The molecule has 60 heavy (non-hydrogen) atoms. The second-order valence-electron chi connectivity index (χ2n) is 15.7. The molecule has 0 saturated carbocycles. The Morgan fingerprint density at radius 3 is 0.667 bits per heavy atom. The Bertz CT molecular complexity index is 2270. The summed E-state index contributed by atoms with van der Waals surface area (Å²) in [5, 5.41) is 0. The quantitative estimate of drug-likeness (QED) is 0.182. The summed E-state index contributed by atoms with van der Waals surface area (Å²) in [6.07, 6.45) is 5.31. The Morgan fingerprint density at radius 1 is 0.267 bits per heavy atom. The first-order valence-electron chi connectivity index (χ1n) is 20.7. The first kappa shape index (κ1) is 47.6. The van der Waals surface area contributed by atoms with E-state index in [1.165, 1.54) is 41.5 Å². The largest absolute Gasteiger partial charge is 0.243 e. The van der Waals surface area contributed by atoms with Gasteiger partial charge < -0.3 is 0 Å². The molecule has 0 aliphatic carbocycles. The van der Waals surface area contributed by atoms with Crippen molar-refractivity contribution < 1.29 is 33.7 Å². The minimum atomic E-state index is -4.17. The molecule has 0 radical (unpaired) electrons. The summed E-state index contributed by atoms with van der Waals surface area (Å²) in [7, 11) is -16.3. The normalized spacial score (nSPS) is 18.2. The molecule has 0 bridgehead atoms. The molecular weight excluding hydrogens is 841 g/mol. The maximum Gasteiger partial charge on any atom is 0.243 e. The average Bonchev–Trinajstić information content (AvgIpc) is 3.20. The average molecular weight is 901 g/mol. The van der Waals surface area contributed by atoms with Crippen molar-refractivity contribution in [2.24, 2.45) is 0 Å². The summed E-state index contributed by atoms with van der Waals surface area (Å²) < 4.78 is 119. The molecule has 0 atom stereocenters. The van der Waals surface area contributed by atoms with Gasteiger partial charge in [0, 0.05) is 52.4 Å². The van der Waals surface area contributed by atoms with Gasteiger partial charge in [0.1, 0.15) is 0 Å². The van der Waals surface area contributed by atoms with Crippen molar-refractivity contribution in [2.75, 3.05) is 52.4 Å². The number of benzene rings is 4. The molecule has 328 valence electrons. The molecule has 0 spiro atoms. The van der Waals surface area contributed by atoms with Gasteiger partial charge in [-0.25, -0.2) is 33.7 Å². The molecule has 1 fully saturated rings. The highest BCUT2D eigenvalue weighted by Crippen LogP contribution is 2.24. The molecule has 0 N–H and O–H groups in total. The van der Waals surface area contributed by atoms with Crippen LogP contribution in [0.5, 0.6) is 0 Å². The van der Waals surface area contributed by atoms with Gasteiger partial charge in [-0.1, -0.05) is 103 Å². The molecule has 0 amide bonds. The van der Waals surface area contributed by atoms with Crippen molar-refractivity contribution in [1.29, 1.82) is 0 Å². The van der Waals surface area contributed by atoms with E-state index in [4.69, 9.17) is 0 Å². The molecular formula is C44H60N4O8S4. The number of sulfonamides is 4. The van der Waals surface area contributed by atoms with E-state index in [0.717, 1.165) is 54.4 Å². The first-order valence-corrected chi connectivity index (χ1v) is 26.5. The molecule has 1 aliphatic heterocycles. The van der Waals surface area contributed by atoms with Crippen LogP contribution in [-0.2, 0) is 40.1 Å². The van der Waals surface area contributed by atoms with Crippen LogP contribution in [0.25, 0.3) is 0 Å². The predicted octanol–water partition coefficient (Wildman–Crippen LogP) is 7.12. The lowest BCUT2D eigenvalue weighted by Gasteiger charge is -2.29. The van der Waals surface area contributed by atoms with Gasteiger partial charge in [0.2, 0.25) is 40.1 Å². The van der Waals surface area contributed by atoms with Gasteiger partial charge >= 0.3 is 0 Å². The van der Waals surface area contributed by atoms with E-state index < -0.39 is 40.1 Å². The van der Waals surface area contributed by atoms with Crippen molar-refractivity contribution in [3.05, 3.63) is 119 Å². The summed E-state index contributed by atoms with van der Waals surface area (Å²) in [6.45, 7) is 7.02. The smallest absolute Gasteiger partial charge is 0.207 e. The number of hydrogen-bond acceptors (Lipinski definition) is 8. The van der Waals surface area contributed by atoms with Crippen LogP contribution in [0, 0.1) is 27.7 Å². The zero-order valence-corrected chi connectivity index (χ0v) is 38.5. The summed E-state index contributed by atoms with van der Waals surface area (Å²) in [6, 6.07) is 26.1. The third-order valence-electron chi connectivity index (χ3n) is 11.0. The van der Waals surface area contributed by atoms with Gasteiger partial charge in [-0.3, -0.25) is 0 Å². The number of aryl methyl sites for hydroxylation is 4. The van der Waals surface area contributed by atoms with E-state index in [-0.39, 0.29) is 78.4 Å². The molecule has 1 aliphatic rings. The van der Waals surface area contributed by atoms with Crippen LogP contribution in [0.2, 0.25) is 0 Å². The standard InChI is InChI=1S/C44H60N4O8S4/c1-37-13-21-41(22-14-37)57(49,50)45-29-10-8-6-5-7-9-11-30-46(58(51,52)42-23-15-38(2)16-24-42)34-36-48(60(55,56)44-27-19-40(4)20-28-44)32-12-31-47(35-33-45)59(53,54)43-25-17-39(3)18-26-43/h13-28H,5-12,29-36H2,1-4H3. The lowest BCUT2D eigenvalue weighted by atomic mass is 10.1. The Kier molecular flexibility index (Phi) is 16.7.